The van der Waals surface area contributed by atoms with Crippen LogP contribution in [0.4, 0.5) is 0 Å². The highest BCUT2D eigenvalue weighted by Crippen LogP contribution is 2.23. The maximum Gasteiger partial charge on any atom is 0.243 e. The summed E-state index contributed by atoms with van der Waals surface area (Å²) < 4.78 is 54.1. The Morgan fingerprint density at radius 2 is 1.08 bits per heavy atom. The Morgan fingerprint density at radius 3 is 1.50 bits per heavy atom. The Hall–Kier alpha value is -1.00. The van der Waals surface area contributed by atoms with Crippen LogP contribution in [0.1, 0.15) is 25.7 Å². The molecule has 0 atom stereocenters. The molecule has 2 saturated heterocycles. The number of benzene rings is 1. The maximum atomic E-state index is 12.8. The van der Waals surface area contributed by atoms with E-state index in [1.165, 1.54) is 37.8 Å². The van der Waals surface area contributed by atoms with Crippen LogP contribution in [0.3, 0.4) is 0 Å². The summed E-state index contributed by atoms with van der Waals surface area (Å²) in [6.45, 7) is 3.60. The zero-order valence-electron chi connectivity index (χ0n) is 15.2. The van der Waals surface area contributed by atoms with Gasteiger partial charge in [-0.25, -0.2) is 16.8 Å². The monoisotopic (exact) mass is 402 g/mol. The van der Waals surface area contributed by atoms with Crippen molar-refractivity contribution < 1.29 is 21.7 Å². The van der Waals surface area contributed by atoms with E-state index < -0.39 is 20.0 Å². The number of rotatable bonds is 4. The van der Waals surface area contributed by atoms with E-state index in [1.54, 1.807) is 0 Å². The second-order valence-electron chi connectivity index (χ2n) is 7.15. The maximum absolute atomic E-state index is 12.8. The Balaban J connectivity index is 1.79. The van der Waals surface area contributed by atoms with E-state index in [4.69, 9.17) is 0 Å². The summed E-state index contributed by atoms with van der Waals surface area (Å²) in [6.07, 6.45) is 3.85. The van der Waals surface area contributed by atoms with Gasteiger partial charge in [-0.1, -0.05) is 12.8 Å². The minimum absolute atomic E-state index is 0.159. The van der Waals surface area contributed by atoms with Crippen LogP contribution in [0.2, 0.25) is 0 Å². The van der Waals surface area contributed by atoms with E-state index in [2.05, 4.69) is 0 Å². The number of hydrogen-bond donors (Lipinski definition) is 1. The van der Waals surface area contributed by atoms with Gasteiger partial charge in [-0.3, -0.25) is 0 Å². The van der Waals surface area contributed by atoms with Crippen molar-refractivity contribution in [1.82, 2.24) is 8.61 Å². The zero-order valence-corrected chi connectivity index (χ0v) is 16.9. The van der Waals surface area contributed by atoms with Crippen LogP contribution in [0.25, 0.3) is 0 Å². The van der Waals surface area contributed by atoms with E-state index in [1.807, 2.05) is 7.05 Å². The predicted molar refractivity (Wildman–Crippen MR) is 99.0 cm³/mol. The largest absolute Gasteiger partial charge is 0.335 e. The van der Waals surface area contributed by atoms with Crippen molar-refractivity contribution in [3.8, 4) is 0 Å². The first kappa shape index (κ1) is 19.8. The molecule has 1 aromatic carbocycles. The summed E-state index contributed by atoms with van der Waals surface area (Å²) in [5, 5.41) is 0. The molecule has 3 rings (SSSR count). The molecule has 0 amide bonds. The van der Waals surface area contributed by atoms with E-state index in [0.29, 0.717) is 26.2 Å². The predicted octanol–water partition coefficient (Wildman–Crippen LogP) is -0.230. The summed E-state index contributed by atoms with van der Waals surface area (Å²) in [4.78, 5) is 1.64. The van der Waals surface area contributed by atoms with Crippen LogP contribution in [0.15, 0.2) is 34.1 Å². The van der Waals surface area contributed by atoms with Crippen molar-refractivity contribution in [1.29, 1.82) is 0 Å². The molecule has 0 aromatic heterocycles. The van der Waals surface area contributed by atoms with Crippen molar-refractivity contribution in [2.45, 2.75) is 35.5 Å². The van der Waals surface area contributed by atoms with Crippen LogP contribution in [-0.2, 0) is 20.0 Å². The van der Waals surface area contributed by atoms with Gasteiger partial charge in [-0.15, -0.1) is 0 Å². The average molecular weight is 403 g/mol. The lowest BCUT2D eigenvalue weighted by Gasteiger charge is -2.29. The minimum atomic E-state index is -3.57. The third-order valence-electron chi connectivity index (χ3n) is 5.24. The fraction of sp³-hybridized carbons (Fsp3) is 0.647. The molecule has 0 aliphatic carbocycles. The van der Waals surface area contributed by atoms with Crippen molar-refractivity contribution in [2.24, 2.45) is 0 Å². The lowest BCUT2D eigenvalue weighted by atomic mass is 10.2. The summed E-state index contributed by atoms with van der Waals surface area (Å²) in [6, 6.07) is 5.69. The van der Waals surface area contributed by atoms with Crippen LogP contribution in [0.5, 0.6) is 0 Å². The zero-order chi connectivity index (χ0) is 18.8. The number of nitrogens with zero attached hydrogens (tertiary/aromatic N) is 2. The highest BCUT2D eigenvalue weighted by Gasteiger charge is 2.30. The number of likely N-dealkylation sites (N-methyl/N-ethyl adjacent to an activating group) is 1. The number of piperazine rings is 1. The van der Waals surface area contributed by atoms with Gasteiger partial charge in [0.15, 0.2) is 0 Å². The van der Waals surface area contributed by atoms with Crippen LogP contribution in [-0.4, -0.2) is 71.8 Å². The first-order valence-electron chi connectivity index (χ1n) is 9.23. The third-order valence-corrected chi connectivity index (χ3v) is 9.07. The smallest absolute Gasteiger partial charge is 0.243 e. The summed E-state index contributed by atoms with van der Waals surface area (Å²) in [7, 11) is -5.08. The number of hydrogen-bond acceptors (Lipinski definition) is 4. The second-order valence-corrected chi connectivity index (χ2v) is 11.0. The van der Waals surface area contributed by atoms with E-state index >= 15 is 0 Å². The molecule has 0 bridgehead atoms. The van der Waals surface area contributed by atoms with E-state index in [-0.39, 0.29) is 9.79 Å². The summed E-state index contributed by atoms with van der Waals surface area (Å²) >= 11 is 0. The first-order chi connectivity index (χ1) is 12.3. The van der Waals surface area contributed by atoms with Gasteiger partial charge >= 0.3 is 0 Å². The molecule has 26 heavy (non-hydrogen) atoms. The van der Waals surface area contributed by atoms with Gasteiger partial charge < -0.3 is 4.90 Å². The van der Waals surface area contributed by atoms with Gasteiger partial charge in [0, 0.05) is 13.1 Å². The second kappa shape index (κ2) is 7.93. The molecule has 0 unspecified atom stereocenters. The minimum Gasteiger partial charge on any atom is -0.335 e. The Morgan fingerprint density at radius 1 is 0.692 bits per heavy atom. The van der Waals surface area contributed by atoms with Crippen molar-refractivity contribution in [2.75, 3.05) is 46.3 Å². The van der Waals surface area contributed by atoms with Crippen molar-refractivity contribution >= 4 is 20.0 Å². The molecule has 1 N–H and O–H groups in total. The number of quaternary nitrogens is 1. The molecule has 9 heteroatoms. The van der Waals surface area contributed by atoms with E-state index in [0.717, 1.165) is 38.8 Å². The lowest BCUT2D eigenvalue weighted by molar-refractivity contribution is -0.883. The summed E-state index contributed by atoms with van der Waals surface area (Å²) in [5.74, 6) is 0. The number of sulfonamides is 2. The van der Waals surface area contributed by atoms with Crippen molar-refractivity contribution in [3.05, 3.63) is 24.3 Å². The average Bonchev–Trinajstić information content (AvgIpc) is 2.92. The van der Waals surface area contributed by atoms with Gasteiger partial charge in [0.05, 0.1) is 43.0 Å². The quantitative estimate of drug-likeness (QED) is 0.755. The standard InChI is InChI=1S/C17H27N3O4S2/c1-18-12-14-20(15-13-18)26(23,24)17-8-6-16(7-9-17)25(21,22)19-10-4-2-3-5-11-19/h6-9H,2-5,10-15H2,1H3/p+1. The summed E-state index contributed by atoms with van der Waals surface area (Å²) in [5.41, 5.74) is 0. The van der Waals surface area contributed by atoms with Crippen LogP contribution in [0, 0.1) is 0 Å². The van der Waals surface area contributed by atoms with E-state index in [9.17, 15) is 16.8 Å². The third kappa shape index (κ3) is 4.12. The molecular formula is C17H28N3O4S2+. The molecule has 146 valence electrons. The normalized spacial score (nSPS) is 22.2. The Labute approximate surface area is 156 Å². The molecule has 7 nitrogen and oxygen atoms in total. The molecule has 2 fully saturated rings. The Bertz CT molecular complexity index is 806. The fourth-order valence-corrected chi connectivity index (χ4v) is 6.43. The Kier molecular flexibility index (Phi) is 6.03. The SMILES string of the molecule is C[NH+]1CCN(S(=O)(=O)c2ccc(S(=O)(=O)N3CCCCCC3)cc2)CC1. The molecule has 2 aliphatic rings. The molecule has 1 aromatic rings. The van der Waals surface area contributed by atoms with Crippen LogP contribution >= 0.6 is 0 Å². The molecule has 0 spiro atoms. The molecule has 0 saturated carbocycles. The van der Waals surface area contributed by atoms with Gasteiger partial charge in [-0.2, -0.15) is 8.61 Å². The van der Waals surface area contributed by atoms with Gasteiger partial charge in [0.25, 0.3) is 0 Å². The number of nitrogens with one attached hydrogen (secondary N) is 1. The topological polar surface area (TPSA) is 79.2 Å². The van der Waals surface area contributed by atoms with Gasteiger partial charge in [0.1, 0.15) is 0 Å². The highest BCUT2D eigenvalue weighted by atomic mass is 32.2. The highest BCUT2D eigenvalue weighted by molar-refractivity contribution is 7.89. The van der Waals surface area contributed by atoms with Gasteiger partial charge in [0.2, 0.25) is 20.0 Å². The molecule has 2 aliphatic heterocycles. The molecular weight excluding hydrogens is 374 g/mol. The lowest BCUT2D eigenvalue weighted by Crippen LogP contribution is -3.12. The molecule has 0 radical (unpaired) electrons. The van der Waals surface area contributed by atoms with Crippen LogP contribution < -0.4 is 4.90 Å². The fourth-order valence-electron chi connectivity index (χ4n) is 3.47. The molecule has 2 heterocycles. The van der Waals surface area contributed by atoms with Crippen molar-refractivity contribution in [3.63, 3.8) is 0 Å². The first-order valence-corrected chi connectivity index (χ1v) is 12.1. The van der Waals surface area contributed by atoms with Gasteiger partial charge in [-0.05, 0) is 37.1 Å².